The summed E-state index contributed by atoms with van der Waals surface area (Å²) in [6.45, 7) is 4.61. The zero-order chi connectivity index (χ0) is 11.4. The number of benzene rings is 1. The molecule has 2 heteroatoms. The van der Waals surface area contributed by atoms with Crippen LogP contribution in [0.1, 0.15) is 12.0 Å². The zero-order valence-electron chi connectivity index (χ0n) is 9.78. The van der Waals surface area contributed by atoms with Gasteiger partial charge in [-0.05, 0) is 31.5 Å². The van der Waals surface area contributed by atoms with Crippen LogP contribution in [0.25, 0.3) is 0 Å². The van der Waals surface area contributed by atoms with Crippen LogP contribution in [0.15, 0.2) is 36.9 Å². The molecule has 0 aromatic heterocycles. The quantitative estimate of drug-likeness (QED) is 0.782. The van der Waals surface area contributed by atoms with Gasteiger partial charge in [0, 0.05) is 12.0 Å². The summed E-state index contributed by atoms with van der Waals surface area (Å²) >= 11 is 0. The van der Waals surface area contributed by atoms with Gasteiger partial charge >= 0.3 is 0 Å². The molecule has 2 nitrogen and oxygen atoms in total. The van der Waals surface area contributed by atoms with Gasteiger partial charge in [0.15, 0.2) is 0 Å². The van der Waals surface area contributed by atoms with Crippen LogP contribution in [-0.4, -0.2) is 19.7 Å². The summed E-state index contributed by atoms with van der Waals surface area (Å²) in [6, 6.07) is 8.77. The van der Waals surface area contributed by atoms with Crippen molar-refractivity contribution in [2.24, 2.45) is 5.92 Å². The molecule has 0 fully saturated rings. The molecule has 0 saturated heterocycles. The predicted molar refractivity (Wildman–Crippen MR) is 66.8 cm³/mol. The third kappa shape index (κ3) is 2.27. The van der Waals surface area contributed by atoms with Crippen molar-refractivity contribution in [1.82, 2.24) is 5.32 Å². The second-order valence-corrected chi connectivity index (χ2v) is 4.30. The summed E-state index contributed by atoms with van der Waals surface area (Å²) in [5.74, 6) is 1.59. The molecule has 1 heterocycles. The molecule has 2 rings (SSSR count). The van der Waals surface area contributed by atoms with Gasteiger partial charge in [-0.2, -0.15) is 0 Å². The van der Waals surface area contributed by atoms with E-state index < -0.39 is 0 Å². The first-order valence-corrected chi connectivity index (χ1v) is 5.84. The van der Waals surface area contributed by atoms with E-state index in [1.807, 2.05) is 25.3 Å². The molecule has 86 valence electrons. The number of nitrogens with one attached hydrogen (secondary N) is 1. The standard InChI is InChI=1S/C14H19NO/c1-3-6-13(15-2)12-9-11-7-4-5-8-14(11)16-10-12/h3-5,7-8,12-13,15H,1,6,9-10H2,2H3. The van der Waals surface area contributed by atoms with Crippen molar-refractivity contribution in [3.05, 3.63) is 42.5 Å². The Morgan fingerprint density at radius 1 is 1.56 bits per heavy atom. The van der Waals surface area contributed by atoms with Crippen LogP contribution in [0.3, 0.4) is 0 Å². The molecule has 0 amide bonds. The lowest BCUT2D eigenvalue weighted by molar-refractivity contribution is 0.188. The van der Waals surface area contributed by atoms with Crippen molar-refractivity contribution in [3.63, 3.8) is 0 Å². The molecule has 0 bridgehead atoms. The molecule has 0 radical (unpaired) electrons. The van der Waals surface area contributed by atoms with Gasteiger partial charge in [-0.3, -0.25) is 0 Å². The van der Waals surface area contributed by atoms with Gasteiger partial charge in [-0.1, -0.05) is 24.3 Å². The largest absolute Gasteiger partial charge is 0.493 e. The number of ether oxygens (including phenoxy) is 1. The fourth-order valence-electron chi connectivity index (χ4n) is 2.34. The number of hydrogen-bond acceptors (Lipinski definition) is 2. The smallest absolute Gasteiger partial charge is 0.122 e. The van der Waals surface area contributed by atoms with Gasteiger partial charge in [-0.25, -0.2) is 0 Å². The number of hydrogen-bond donors (Lipinski definition) is 1. The Balaban J connectivity index is 2.09. The zero-order valence-corrected chi connectivity index (χ0v) is 9.78. The number of para-hydroxylation sites is 1. The van der Waals surface area contributed by atoms with Crippen molar-refractivity contribution in [3.8, 4) is 5.75 Å². The average Bonchev–Trinajstić information content (AvgIpc) is 2.35. The Kier molecular flexibility index (Phi) is 3.62. The number of rotatable bonds is 4. The van der Waals surface area contributed by atoms with Gasteiger partial charge < -0.3 is 10.1 Å². The van der Waals surface area contributed by atoms with E-state index in [-0.39, 0.29) is 0 Å². The Morgan fingerprint density at radius 2 is 2.38 bits per heavy atom. The lowest BCUT2D eigenvalue weighted by Crippen LogP contribution is -2.39. The third-order valence-electron chi connectivity index (χ3n) is 3.27. The molecule has 1 aromatic rings. The maximum absolute atomic E-state index is 5.79. The van der Waals surface area contributed by atoms with E-state index in [9.17, 15) is 0 Å². The minimum absolute atomic E-state index is 0.464. The molecule has 16 heavy (non-hydrogen) atoms. The highest BCUT2D eigenvalue weighted by atomic mass is 16.5. The minimum Gasteiger partial charge on any atom is -0.493 e. The molecule has 0 saturated carbocycles. The van der Waals surface area contributed by atoms with Crippen LogP contribution >= 0.6 is 0 Å². The highest BCUT2D eigenvalue weighted by Gasteiger charge is 2.25. The summed E-state index contributed by atoms with van der Waals surface area (Å²) in [7, 11) is 2.01. The van der Waals surface area contributed by atoms with Crippen LogP contribution in [0.4, 0.5) is 0 Å². The fourth-order valence-corrected chi connectivity index (χ4v) is 2.34. The van der Waals surface area contributed by atoms with Gasteiger partial charge in [0.05, 0.1) is 6.61 Å². The van der Waals surface area contributed by atoms with Gasteiger partial charge in [0.2, 0.25) is 0 Å². The maximum atomic E-state index is 5.79. The minimum atomic E-state index is 0.464. The Bertz CT molecular complexity index is 362. The first-order valence-electron chi connectivity index (χ1n) is 5.84. The summed E-state index contributed by atoms with van der Waals surface area (Å²) in [6.07, 6.45) is 4.06. The molecular weight excluding hydrogens is 198 g/mol. The van der Waals surface area contributed by atoms with Crippen molar-refractivity contribution in [1.29, 1.82) is 0 Å². The van der Waals surface area contributed by atoms with Crippen molar-refractivity contribution in [2.45, 2.75) is 18.9 Å². The highest BCUT2D eigenvalue weighted by Crippen LogP contribution is 2.28. The molecule has 2 atom stereocenters. The molecule has 1 N–H and O–H groups in total. The van der Waals surface area contributed by atoms with E-state index in [1.54, 1.807) is 0 Å². The van der Waals surface area contributed by atoms with Crippen LogP contribution in [0.5, 0.6) is 5.75 Å². The number of fused-ring (bicyclic) bond motifs is 1. The first kappa shape index (κ1) is 11.2. The van der Waals surface area contributed by atoms with Gasteiger partial charge in [0.1, 0.15) is 5.75 Å². The van der Waals surface area contributed by atoms with Crippen LogP contribution < -0.4 is 10.1 Å². The molecule has 0 spiro atoms. The highest BCUT2D eigenvalue weighted by molar-refractivity contribution is 5.35. The Labute approximate surface area is 97.3 Å². The molecule has 0 aliphatic carbocycles. The fraction of sp³-hybridized carbons (Fsp3) is 0.429. The predicted octanol–water partition coefficient (Wildman–Crippen LogP) is 2.40. The average molecular weight is 217 g/mol. The molecule has 1 aliphatic rings. The molecule has 1 aromatic carbocycles. The van der Waals surface area contributed by atoms with Gasteiger partial charge in [-0.15, -0.1) is 6.58 Å². The Morgan fingerprint density at radius 3 is 3.12 bits per heavy atom. The monoisotopic (exact) mass is 217 g/mol. The summed E-state index contributed by atoms with van der Waals surface area (Å²) in [5.41, 5.74) is 1.32. The van der Waals surface area contributed by atoms with E-state index in [0.29, 0.717) is 12.0 Å². The second-order valence-electron chi connectivity index (χ2n) is 4.30. The molecular formula is C14H19NO. The Hall–Kier alpha value is -1.28. The van der Waals surface area contributed by atoms with Crippen LogP contribution in [-0.2, 0) is 6.42 Å². The van der Waals surface area contributed by atoms with Crippen LogP contribution in [0, 0.1) is 5.92 Å². The van der Waals surface area contributed by atoms with E-state index in [1.165, 1.54) is 5.56 Å². The molecule has 1 aliphatic heterocycles. The normalized spacial score (nSPS) is 20.7. The lowest BCUT2D eigenvalue weighted by atomic mass is 9.89. The van der Waals surface area contributed by atoms with Crippen LogP contribution in [0.2, 0.25) is 0 Å². The van der Waals surface area contributed by atoms with Crippen molar-refractivity contribution >= 4 is 0 Å². The van der Waals surface area contributed by atoms with Crippen molar-refractivity contribution in [2.75, 3.05) is 13.7 Å². The van der Waals surface area contributed by atoms with E-state index in [0.717, 1.165) is 25.2 Å². The topological polar surface area (TPSA) is 21.3 Å². The lowest BCUT2D eigenvalue weighted by Gasteiger charge is -2.31. The maximum Gasteiger partial charge on any atom is 0.122 e. The molecule has 2 unspecified atom stereocenters. The van der Waals surface area contributed by atoms with E-state index >= 15 is 0 Å². The summed E-state index contributed by atoms with van der Waals surface area (Å²) in [5, 5.41) is 3.35. The summed E-state index contributed by atoms with van der Waals surface area (Å²) < 4.78 is 5.79. The summed E-state index contributed by atoms with van der Waals surface area (Å²) in [4.78, 5) is 0. The third-order valence-corrected chi connectivity index (χ3v) is 3.27. The van der Waals surface area contributed by atoms with E-state index in [2.05, 4.69) is 24.0 Å². The van der Waals surface area contributed by atoms with E-state index in [4.69, 9.17) is 4.74 Å². The SMILES string of the molecule is C=CCC(NC)C1COc2ccccc2C1. The first-order chi connectivity index (χ1) is 7.85. The second kappa shape index (κ2) is 5.17. The van der Waals surface area contributed by atoms with Gasteiger partial charge in [0.25, 0.3) is 0 Å². The van der Waals surface area contributed by atoms with Crippen molar-refractivity contribution < 1.29 is 4.74 Å².